The van der Waals surface area contributed by atoms with E-state index in [2.05, 4.69) is 25.2 Å². The maximum absolute atomic E-state index is 12.7. The average molecular weight is 479 g/mol. The Morgan fingerprint density at radius 2 is 1.97 bits per heavy atom. The van der Waals surface area contributed by atoms with Crippen molar-refractivity contribution in [3.05, 3.63) is 48.5 Å². The molecule has 0 aromatic carbocycles. The van der Waals surface area contributed by atoms with Crippen LogP contribution < -0.4 is 15.5 Å². The van der Waals surface area contributed by atoms with Gasteiger partial charge in [0, 0.05) is 55.2 Å². The van der Waals surface area contributed by atoms with Gasteiger partial charge in [-0.1, -0.05) is 11.3 Å². The summed E-state index contributed by atoms with van der Waals surface area (Å²) in [6.07, 6.45) is 1.55. The van der Waals surface area contributed by atoms with Crippen LogP contribution in [0.2, 0.25) is 0 Å². The predicted molar refractivity (Wildman–Crippen MR) is 119 cm³/mol. The van der Waals surface area contributed by atoms with E-state index in [1.807, 2.05) is 17.4 Å². The number of alkyl halides is 3. The fourth-order valence-electron chi connectivity index (χ4n) is 3.14. The lowest BCUT2D eigenvalue weighted by molar-refractivity contribution is -0.149. The molecule has 3 aromatic heterocycles. The molecule has 12 heteroatoms. The zero-order valence-electron chi connectivity index (χ0n) is 17.6. The van der Waals surface area contributed by atoms with Gasteiger partial charge in [-0.2, -0.15) is 13.2 Å². The molecule has 3 aromatic rings. The molecule has 1 unspecified atom stereocenters. The van der Waals surface area contributed by atoms with Crippen molar-refractivity contribution >= 4 is 33.9 Å². The molecule has 2 N–H and O–H groups in total. The van der Waals surface area contributed by atoms with E-state index >= 15 is 0 Å². The first-order chi connectivity index (χ1) is 15.8. The second kappa shape index (κ2) is 9.71. The maximum Gasteiger partial charge on any atom is 0.408 e. The molecule has 1 saturated heterocycles. The summed E-state index contributed by atoms with van der Waals surface area (Å²) in [5.41, 5.74) is 1.64. The van der Waals surface area contributed by atoms with Crippen molar-refractivity contribution in [2.45, 2.75) is 19.1 Å². The molecule has 174 valence electrons. The Morgan fingerprint density at radius 3 is 2.73 bits per heavy atom. The van der Waals surface area contributed by atoms with Gasteiger partial charge in [-0.25, -0.2) is 9.97 Å². The SMILES string of the molecule is CC(NC(=O)c1cncc(-c2cnc(Nc3cc(N4CCOCC4)ccn3)s2)c1)C(F)(F)F. The van der Waals surface area contributed by atoms with Gasteiger partial charge in [0.05, 0.1) is 23.7 Å². The topological polar surface area (TPSA) is 92.3 Å². The number of nitrogens with one attached hydrogen (secondary N) is 2. The van der Waals surface area contributed by atoms with Gasteiger partial charge in [0.1, 0.15) is 11.9 Å². The minimum atomic E-state index is -4.52. The minimum Gasteiger partial charge on any atom is -0.378 e. The number of carbonyl (C=O) groups is 1. The van der Waals surface area contributed by atoms with Crippen molar-refractivity contribution in [1.82, 2.24) is 20.3 Å². The van der Waals surface area contributed by atoms with Gasteiger partial charge >= 0.3 is 6.18 Å². The largest absolute Gasteiger partial charge is 0.408 e. The molecular formula is C21H21F3N6O2S. The van der Waals surface area contributed by atoms with Crippen molar-refractivity contribution in [1.29, 1.82) is 0 Å². The number of morpholine rings is 1. The Balaban J connectivity index is 1.46. The van der Waals surface area contributed by atoms with E-state index in [-0.39, 0.29) is 5.56 Å². The predicted octanol–water partition coefficient (Wildman–Crippen LogP) is 3.86. The van der Waals surface area contributed by atoms with Crippen molar-refractivity contribution < 1.29 is 22.7 Å². The fraction of sp³-hybridized carbons (Fsp3) is 0.333. The van der Waals surface area contributed by atoms with Gasteiger partial charge in [-0.3, -0.25) is 9.78 Å². The molecule has 33 heavy (non-hydrogen) atoms. The van der Waals surface area contributed by atoms with Crippen LogP contribution in [-0.2, 0) is 4.74 Å². The number of aromatic nitrogens is 3. The zero-order valence-corrected chi connectivity index (χ0v) is 18.4. The number of hydrogen-bond acceptors (Lipinski definition) is 8. The molecule has 1 fully saturated rings. The lowest BCUT2D eigenvalue weighted by Crippen LogP contribution is -2.43. The van der Waals surface area contributed by atoms with Crippen LogP contribution in [0.5, 0.6) is 0 Å². The summed E-state index contributed by atoms with van der Waals surface area (Å²) in [7, 11) is 0. The molecule has 0 spiro atoms. The highest BCUT2D eigenvalue weighted by Gasteiger charge is 2.37. The minimum absolute atomic E-state index is 0.0337. The fourth-order valence-corrected chi connectivity index (χ4v) is 3.95. The quantitative estimate of drug-likeness (QED) is 0.556. The number of rotatable bonds is 6. The van der Waals surface area contributed by atoms with Gasteiger partial charge in [0.25, 0.3) is 5.91 Å². The molecule has 1 atom stereocenters. The Hall–Kier alpha value is -3.25. The Morgan fingerprint density at radius 1 is 1.18 bits per heavy atom. The number of hydrogen-bond donors (Lipinski definition) is 2. The van der Waals surface area contributed by atoms with E-state index in [1.54, 1.807) is 12.4 Å². The molecule has 4 heterocycles. The van der Waals surface area contributed by atoms with E-state index < -0.39 is 18.1 Å². The van der Waals surface area contributed by atoms with Crippen LogP contribution in [0.3, 0.4) is 0 Å². The summed E-state index contributed by atoms with van der Waals surface area (Å²) in [6.45, 7) is 3.87. The van der Waals surface area contributed by atoms with E-state index in [4.69, 9.17) is 4.74 Å². The molecule has 1 aliphatic rings. The number of nitrogens with zero attached hydrogens (tertiary/aromatic N) is 4. The maximum atomic E-state index is 12.7. The summed E-state index contributed by atoms with van der Waals surface area (Å²) in [5, 5.41) is 5.68. The third-order valence-electron chi connectivity index (χ3n) is 4.98. The Kier molecular flexibility index (Phi) is 6.75. The molecule has 1 aliphatic heterocycles. The molecule has 0 aliphatic carbocycles. The standard InChI is InChI=1S/C21H21F3N6O2S/c1-13(21(22,23)24)28-19(31)15-8-14(10-25-11-15)17-12-27-20(33-17)29-18-9-16(2-3-26-18)30-4-6-32-7-5-30/h2-3,8-13H,4-7H2,1H3,(H,28,31)(H,26,27,29). The first-order valence-electron chi connectivity index (χ1n) is 10.1. The van der Waals surface area contributed by atoms with Crippen LogP contribution >= 0.6 is 11.3 Å². The molecular weight excluding hydrogens is 457 g/mol. The Labute approximate surface area is 191 Å². The molecule has 0 radical (unpaired) electrons. The highest BCUT2D eigenvalue weighted by molar-refractivity contribution is 7.18. The number of thiazole rings is 1. The normalized spacial score (nSPS) is 15.2. The number of carbonyl (C=O) groups excluding carboxylic acids is 1. The van der Waals surface area contributed by atoms with Gasteiger partial charge < -0.3 is 20.3 Å². The third kappa shape index (κ3) is 5.76. The first kappa shape index (κ1) is 22.9. The smallest absolute Gasteiger partial charge is 0.378 e. The number of ether oxygens (including phenoxy) is 1. The van der Waals surface area contributed by atoms with E-state index in [0.717, 1.165) is 25.7 Å². The van der Waals surface area contributed by atoms with Crippen LogP contribution in [0.15, 0.2) is 43.0 Å². The van der Waals surface area contributed by atoms with Crippen LogP contribution in [0, 0.1) is 0 Å². The van der Waals surface area contributed by atoms with Gasteiger partial charge in [0.15, 0.2) is 5.13 Å². The van der Waals surface area contributed by atoms with Crippen LogP contribution in [0.1, 0.15) is 17.3 Å². The molecule has 1 amide bonds. The summed E-state index contributed by atoms with van der Waals surface area (Å²) >= 11 is 1.31. The highest BCUT2D eigenvalue weighted by Crippen LogP contribution is 2.31. The number of pyridine rings is 2. The zero-order chi connectivity index (χ0) is 23.4. The van der Waals surface area contributed by atoms with Crippen molar-refractivity contribution in [2.24, 2.45) is 0 Å². The summed E-state index contributed by atoms with van der Waals surface area (Å²) in [6, 6.07) is 3.39. The average Bonchev–Trinajstić information content (AvgIpc) is 3.28. The van der Waals surface area contributed by atoms with E-state index in [9.17, 15) is 18.0 Å². The van der Waals surface area contributed by atoms with Gasteiger partial charge in [0.2, 0.25) is 0 Å². The van der Waals surface area contributed by atoms with Gasteiger partial charge in [-0.15, -0.1) is 0 Å². The lowest BCUT2D eigenvalue weighted by atomic mass is 10.1. The third-order valence-corrected chi connectivity index (χ3v) is 5.95. The lowest BCUT2D eigenvalue weighted by Gasteiger charge is -2.28. The van der Waals surface area contributed by atoms with Crippen LogP contribution in [0.25, 0.3) is 10.4 Å². The summed E-state index contributed by atoms with van der Waals surface area (Å²) in [4.78, 5) is 27.8. The van der Waals surface area contributed by atoms with Crippen LogP contribution in [0.4, 0.5) is 29.8 Å². The molecule has 4 rings (SSSR count). The van der Waals surface area contributed by atoms with E-state index in [1.165, 1.54) is 29.8 Å². The molecule has 8 nitrogen and oxygen atoms in total. The van der Waals surface area contributed by atoms with Crippen molar-refractivity contribution in [3.63, 3.8) is 0 Å². The van der Waals surface area contributed by atoms with Gasteiger partial charge in [-0.05, 0) is 19.1 Å². The number of amides is 1. The highest BCUT2D eigenvalue weighted by atomic mass is 32.1. The molecule has 0 bridgehead atoms. The first-order valence-corrected chi connectivity index (χ1v) is 11.0. The monoisotopic (exact) mass is 478 g/mol. The Bertz CT molecular complexity index is 1120. The number of anilines is 3. The summed E-state index contributed by atoms with van der Waals surface area (Å²) < 4.78 is 43.6. The second-order valence-electron chi connectivity index (χ2n) is 7.35. The number of halogens is 3. The van der Waals surface area contributed by atoms with Crippen molar-refractivity contribution in [2.75, 3.05) is 36.5 Å². The van der Waals surface area contributed by atoms with Crippen molar-refractivity contribution in [3.8, 4) is 10.4 Å². The second-order valence-corrected chi connectivity index (χ2v) is 8.38. The summed E-state index contributed by atoms with van der Waals surface area (Å²) in [5.74, 6) is -0.214. The van der Waals surface area contributed by atoms with E-state index in [0.29, 0.717) is 34.6 Å². The van der Waals surface area contributed by atoms with Crippen LogP contribution in [-0.4, -0.2) is 59.4 Å². The molecule has 0 saturated carbocycles.